The van der Waals surface area contributed by atoms with E-state index in [2.05, 4.69) is 10.5 Å². The normalized spacial score (nSPS) is 15.3. The molecule has 31 heavy (non-hydrogen) atoms. The summed E-state index contributed by atoms with van der Waals surface area (Å²) in [6.45, 7) is 1.42. The Morgan fingerprint density at radius 2 is 1.71 bits per heavy atom. The second-order valence-electron chi connectivity index (χ2n) is 7.36. The molecule has 6 heteroatoms. The summed E-state index contributed by atoms with van der Waals surface area (Å²) in [6, 6.07) is 24.0. The lowest BCUT2D eigenvalue weighted by atomic mass is 10.0. The number of hydrogen-bond donors (Lipinski definition) is 1. The van der Waals surface area contributed by atoms with E-state index < -0.39 is 6.10 Å². The van der Waals surface area contributed by atoms with Gasteiger partial charge in [0, 0.05) is 18.5 Å². The van der Waals surface area contributed by atoms with Crippen molar-refractivity contribution in [1.82, 2.24) is 5.32 Å². The van der Waals surface area contributed by atoms with E-state index >= 15 is 0 Å². The molecule has 3 aromatic rings. The number of ether oxygens (including phenoxy) is 1. The van der Waals surface area contributed by atoms with Crippen molar-refractivity contribution in [3.63, 3.8) is 0 Å². The number of amides is 1. The van der Waals surface area contributed by atoms with Gasteiger partial charge in [-0.3, -0.25) is 4.79 Å². The maximum atomic E-state index is 13.4. The van der Waals surface area contributed by atoms with E-state index in [0.717, 1.165) is 16.7 Å². The highest BCUT2D eigenvalue weighted by atomic mass is 19.1. The van der Waals surface area contributed by atoms with Gasteiger partial charge in [0.05, 0.1) is 18.9 Å². The summed E-state index contributed by atoms with van der Waals surface area (Å²) in [4.78, 5) is 17.7. The maximum absolute atomic E-state index is 13.4. The molecule has 0 saturated heterocycles. The van der Waals surface area contributed by atoms with E-state index in [1.807, 2.05) is 54.6 Å². The van der Waals surface area contributed by atoms with Crippen LogP contribution in [0.15, 0.2) is 84.0 Å². The Kier molecular flexibility index (Phi) is 6.69. The van der Waals surface area contributed by atoms with Crippen molar-refractivity contribution in [3.8, 4) is 0 Å². The number of carbonyl (C=O) groups is 1. The first kappa shape index (κ1) is 20.8. The number of nitrogens with one attached hydrogen (secondary N) is 1. The molecule has 0 spiro atoms. The third kappa shape index (κ3) is 5.77. The van der Waals surface area contributed by atoms with Crippen molar-refractivity contribution in [3.05, 3.63) is 107 Å². The van der Waals surface area contributed by atoms with Gasteiger partial charge in [0.1, 0.15) is 5.82 Å². The quantitative estimate of drug-likeness (QED) is 0.592. The lowest BCUT2D eigenvalue weighted by Gasteiger charge is -2.11. The van der Waals surface area contributed by atoms with Gasteiger partial charge in [0.2, 0.25) is 6.10 Å². The topological polar surface area (TPSA) is 59.9 Å². The van der Waals surface area contributed by atoms with Crippen LogP contribution in [0, 0.1) is 5.82 Å². The van der Waals surface area contributed by atoms with E-state index in [0.29, 0.717) is 37.5 Å². The first-order valence-corrected chi connectivity index (χ1v) is 10.1. The Balaban J connectivity index is 1.25. The summed E-state index contributed by atoms with van der Waals surface area (Å²) in [5, 5.41) is 6.83. The molecule has 0 saturated carbocycles. The second kappa shape index (κ2) is 10.00. The molecule has 4 rings (SSSR count). The molecule has 158 valence electrons. The van der Waals surface area contributed by atoms with E-state index in [1.54, 1.807) is 12.1 Å². The fourth-order valence-electron chi connectivity index (χ4n) is 3.35. The summed E-state index contributed by atoms with van der Waals surface area (Å²) in [6.07, 6.45) is -0.404. The lowest BCUT2D eigenvalue weighted by Crippen LogP contribution is -2.34. The molecule has 0 bridgehead atoms. The Morgan fingerprint density at radius 1 is 0.968 bits per heavy atom. The molecule has 1 aliphatic rings. The van der Waals surface area contributed by atoms with Crippen molar-refractivity contribution in [2.75, 3.05) is 0 Å². The predicted octanol–water partition coefficient (Wildman–Crippen LogP) is 4.35. The Morgan fingerprint density at radius 3 is 2.55 bits per heavy atom. The van der Waals surface area contributed by atoms with Gasteiger partial charge in [-0.05, 0) is 28.8 Å². The van der Waals surface area contributed by atoms with Crippen molar-refractivity contribution in [2.24, 2.45) is 5.16 Å². The van der Waals surface area contributed by atoms with Crippen molar-refractivity contribution < 1.29 is 18.8 Å². The standard InChI is InChI=1S/C25H23FN2O3/c26-22-11-5-10-21(13-22)23-14-24(31-28-23)25(29)27-15-19-8-4-9-20(12-19)17-30-16-18-6-2-1-3-7-18/h1-13,24H,14-17H2,(H,27,29). The molecule has 1 unspecified atom stereocenters. The third-order valence-electron chi connectivity index (χ3n) is 4.96. The number of halogens is 1. The summed E-state index contributed by atoms with van der Waals surface area (Å²) in [5.41, 5.74) is 4.33. The average Bonchev–Trinajstić information content (AvgIpc) is 3.29. The molecule has 1 N–H and O–H groups in total. The number of oxime groups is 1. The molecule has 1 atom stereocenters. The van der Waals surface area contributed by atoms with Gasteiger partial charge in [-0.2, -0.15) is 0 Å². The zero-order chi connectivity index (χ0) is 21.5. The Bertz CT molecular complexity index is 1070. The highest BCUT2D eigenvalue weighted by Gasteiger charge is 2.28. The van der Waals surface area contributed by atoms with Crippen LogP contribution in [-0.4, -0.2) is 17.7 Å². The minimum absolute atomic E-state index is 0.249. The largest absolute Gasteiger partial charge is 0.382 e. The van der Waals surface area contributed by atoms with Crippen LogP contribution in [0.2, 0.25) is 0 Å². The lowest BCUT2D eigenvalue weighted by molar-refractivity contribution is -0.131. The van der Waals surface area contributed by atoms with E-state index in [1.165, 1.54) is 12.1 Å². The number of hydrogen-bond acceptors (Lipinski definition) is 4. The predicted molar refractivity (Wildman–Crippen MR) is 116 cm³/mol. The van der Waals surface area contributed by atoms with Crippen LogP contribution < -0.4 is 5.32 Å². The van der Waals surface area contributed by atoms with Crippen LogP contribution in [0.25, 0.3) is 0 Å². The first-order chi connectivity index (χ1) is 15.2. The smallest absolute Gasteiger partial charge is 0.264 e. The summed E-state index contributed by atoms with van der Waals surface area (Å²) in [5.74, 6) is -0.596. The van der Waals surface area contributed by atoms with Gasteiger partial charge < -0.3 is 14.9 Å². The maximum Gasteiger partial charge on any atom is 0.264 e. The number of nitrogens with zero attached hydrogens (tertiary/aromatic N) is 1. The van der Waals surface area contributed by atoms with E-state index in [9.17, 15) is 9.18 Å². The fraction of sp³-hybridized carbons (Fsp3) is 0.200. The van der Waals surface area contributed by atoms with Crippen molar-refractivity contribution in [2.45, 2.75) is 32.3 Å². The molecule has 1 aliphatic heterocycles. The molecule has 1 heterocycles. The average molecular weight is 418 g/mol. The van der Waals surface area contributed by atoms with E-state index in [-0.39, 0.29) is 11.7 Å². The van der Waals surface area contributed by atoms with Crippen LogP contribution in [0.1, 0.15) is 28.7 Å². The number of benzene rings is 3. The molecule has 1 amide bonds. The van der Waals surface area contributed by atoms with E-state index in [4.69, 9.17) is 9.57 Å². The SMILES string of the molecule is O=C(NCc1cccc(COCc2ccccc2)c1)C1CC(c2cccc(F)c2)=NO1. The Hall–Kier alpha value is -3.51. The fourth-order valence-corrected chi connectivity index (χ4v) is 3.35. The van der Waals surface area contributed by atoms with Gasteiger partial charge in [-0.25, -0.2) is 4.39 Å². The van der Waals surface area contributed by atoms with Crippen LogP contribution in [-0.2, 0) is 34.1 Å². The van der Waals surface area contributed by atoms with Gasteiger partial charge in [0.15, 0.2) is 0 Å². The van der Waals surface area contributed by atoms with Crippen LogP contribution in [0.4, 0.5) is 4.39 Å². The first-order valence-electron chi connectivity index (χ1n) is 10.1. The zero-order valence-electron chi connectivity index (χ0n) is 17.0. The number of carbonyl (C=O) groups excluding carboxylic acids is 1. The van der Waals surface area contributed by atoms with Crippen molar-refractivity contribution >= 4 is 11.6 Å². The molecule has 0 aromatic heterocycles. The highest BCUT2D eigenvalue weighted by Crippen LogP contribution is 2.18. The van der Waals surface area contributed by atoms with Gasteiger partial charge in [-0.15, -0.1) is 0 Å². The third-order valence-corrected chi connectivity index (χ3v) is 4.96. The highest BCUT2D eigenvalue weighted by molar-refractivity contribution is 6.04. The summed E-state index contributed by atoms with van der Waals surface area (Å²) in [7, 11) is 0. The molecule has 3 aromatic carbocycles. The Labute approximate surface area is 180 Å². The molecule has 0 aliphatic carbocycles. The van der Waals surface area contributed by atoms with Gasteiger partial charge in [-0.1, -0.05) is 71.9 Å². The van der Waals surface area contributed by atoms with Crippen LogP contribution in [0.3, 0.4) is 0 Å². The molecular weight excluding hydrogens is 395 g/mol. The zero-order valence-corrected chi connectivity index (χ0v) is 17.0. The number of rotatable bonds is 8. The summed E-state index contributed by atoms with van der Waals surface area (Å²) >= 11 is 0. The van der Waals surface area contributed by atoms with Crippen LogP contribution in [0.5, 0.6) is 0 Å². The second-order valence-corrected chi connectivity index (χ2v) is 7.36. The molecule has 0 fully saturated rings. The monoisotopic (exact) mass is 418 g/mol. The van der Waals surface area contributed by atoms with Gasteiger partial charge in [0.25, 0.3) is 5.91 Å². The van der Waals surface area contributed by atoms with Crippen molar-refractivity contribution in [1.29, 1.82) is 0 Å². The molecule has 5 nitrogen and oxygen atoms in total. The minimum atomic E-state index is -0.712. The minimum Gasteiger partial charge on any atom is -0.382 e. The molecular formula is C25H23FN2O3. The van der Waals surface area contributed by atoms with Gasteiger partial charge >= 0.3 is 0 Å². The summed E-state index contributed by atoms with van der Waals surface area (Å²) < 4.78 is 19.2. The van der Waals surface area contributed by atoms with Crippen LogP contribution >= 0.6 is 0 Å². The molecule has 0 radical (unpaired) electrons.